The number of aliphatic hydroxyl groups is 1. The van der Waals surface area contributed by atoms with Gasteiger partial charge in [-0.2, -0.15) is 0 Å². The van der Waals surface area contributed by atoms with Gasteiger partial charge in [0.15, 0.2) is 11.6 Å². The summed E-state index contributed by atoms with van der Waals surface area (Å²) in [6.07, 6.45) is 3.34. The van der Waals surface area contributed by atoms with Gasteiger partial charge in [0.1, 0.15) is 0 Å². The zero-order chi connectivity index (χ0) is 13.4. The summed E-state index contributed by atoms with van der Waals surface area (Å²) in [5.74, 6) is 1.76. The maximum Gasteiger partial charge on any atom is 0.168 e. The van der Waals surface area contributed by atoms with Crippen molar-refractivity contribution in [1.29, 1.82) is 0 Å². The Kier molecular flexibility index (Phi) is 6.50. The predicted octanol–water partition coefficient (Wildman–Crippen LogP) is 2.69. The minimum absolute atomic E-state index is 0.330. The summed E-state index contributed by atoms with van der Waals surface area (Å²) in [4.78, 5) is 4.23. The molecule has 2 N–H and O–H groups in total. The number of nitrogens with zero attached hydrogens (tertiary/aromatic N) is 1. The molecule has 1 aromatic heterocycles. The lowest BCUT2D eigenvalue weighted by molar-refractivity contribution is 0.114. The molecule has 4 heteroatoms. The van der Waals surface area contributed by atoms with Crippen LogP contribution in [-0.2, 0) is 0 Å². The van der Waals surface area contributed by atoms with Crippen molar-refractivity contribution in [2.45, 2.75) is 39.7 Å². The number of hydrogen-bond donors (Lipinski definition) is 2. The maximum atomic E-state index is 10.1. The van der Waals surface area contributed by atoms with E-state index in [0.29, 0.717) is 24.9 Å². The van der Waals surface area contributed by atoms with Gasteiger partial charge in [-0.3, -0.25) is 0 Å². The summed E-state index contributed by atoms with van der Waals surface area (Å²) in [5, 5.41) is 13.2. The van der Waals surface area contributed by atoms with Gasteiger partial charge >= 0.3 is 0 Å². The van der Waals surface area contributed by atoms with Crippen molar-refractivity contribution in [1.82, 2.24) is 4.98 Å². The average molecular weight is 252 g/mol. The molecule has 1 atom stereocenters. The van der Waals surface area contributed by atoms with Crippen LogP contribution in [0.1, 0.15) is 33.6 Å². The summed E-state index contributed by atoms with van der Waals surface area (Å²) in [7, 11) is 0. The van der Waals surface area contributed by atoms with E-state index in [1.807, 2.05) is 19.1 Å². The first-order valence-electron chi connectivity index (χ1n) is 6.72. The molecular formula is C14H24N2O2. The van der Waals surface area contributed by atoms with Crippen LogP contribution in [0.3, 0.4) is 0 Å². The molecule has 0 aliphatic heterocycles. The molecule has 0 radical (unpaired) electrons. The molecule has 0 bridgehead atoms. The average Bonchev–Trinajstić information content (AvgIpc) is 2.39. The molecular weight excluding hydrogens is 228 g/mol. The van der Waals surface area contributed by atoms with E-state index in [1.54, 1.807) is 6.20 Å². The number of nitrogens with one attached hydrogen (secondary N) is 1. The van der Waals surface area contributed by atoms with Crippen LogP contribution in [-0.4, -0.2) is 29.3 Å². The van der Waals surface area contributed by atoms with E-state index in [4.69, 9.17) is 4.74 Å². The third-order valence-corrected chi connectivity index (χ3v) is 3.14. The minimum atomic E-state index is -0.350. The van der Waals surface area contributed by atoms with E-state index in [0.717, 1.165) is 18.6 Å². The molecule has 18 heavy (non-hydrogen) atoms. The molecule has 4 nitrogen and oxygen atoms in total. The quantitative estimate of drug-likeness (QED) is 0.747. The predicted molar refractivity (Wildman–Crippen MR) is 74.0 cm³/mol. The van der Waals surface area contributed by atoms with E-state index in [1.165, 1.54) is 0 Å². The monoisotopic (exact) mass is 252 g/mol. The van der Waals surface area contributed by atoms with E-state index in [9.17, 15) is 5.11 Å². The van der Waals surface area contributed by atoms with Crippen molar-refractivity contribution in [2.75, 3.05) is 18.5 Å². The van der Waals surface area contributed by atoms with Gasteiger partial charge in [-0.25, -0.2) is 4.98 Å². The largest absolute Gasteiger partial charge is 0.490 e. The van der Waals surface area contributed by atoms with Crippen molar-refractivity contribution < 1.29 is 9.84 Å². The third kappa shape index (κ3) is 4.18. The Morgan fingerprint density at radius 1 is 1.33 bits per heavy atom. The number of pyridine rings is 1. The standard InChI is InChI=1S/C14H24N2O2/c1-4-11(5-2)12(17)10-16-14-13(18-6-3)8-7-9-15-14/h7-9,11-12,17H,4-6,10H2,1-3H3,(H,15,16). The van der Waals surface area contributed by atoms with E-state index in [2.05, 4.69) is 24.1 Å². The fourth-order valence-corrected chi connectivity index (χ4v) is 2.00. The van der Waals surface area contributed by atoms with Crippen LogP contribution in [0.15, 0.2) is 18.3 Å². The lowest BCUT2D eigenvalue weighted by Gasteiger charge is -2.21. The summed E-state index contributed by atoms with van der Waals surface area (Å²) >= 11 is 0. The zero-order valence-corrected chi connectivity index (χ0v) is 11.5. The summed E-state index contributed by atoms with van der Waals surface area (Å²) in [5.41, 5.74) is 0. The molecule has 0 aromatic carbocycles. The van der Waals surface area contributed by atoms with Crippen molar-refractivity contribution in [3.63, 3.8) is 0 Å². The SMILES string of the molecule is CCOc1cccnc1NCC(O)C(CC)CC. The molecule has 0 saturated carbocycles. The Balaban J connectivity index is 2.57. The highest BCUT2D eigenvalue weighted by Gasteiger charge is 2.15. The van der Waals surface area contributed by atoms with Crippen LogP contribution >= 0.6 is 0 Å². The lowest BCUT2D eigenvalue weighted by Crippen LogP contribution is -2.28. The zero-order valence-electron chi connectivity index (χ0n) is 11.5. The number of aliphatic hydroxyl groups excluding tert-OH is 1. The fourth-order valence-electron chi connectivity index (χ4n) is 2.00. The molecule has 1 heterocycles. The van der Waals surface area contributed by atoms with Crippen molar-refractivity contribution in [3.05, 3.63) is 18.3 Å². The number of hydrogen-bond acceptors (Lipinski definition) is 4. The van der Waals surface area contributed by atoms with E-state index < -0.39 is 0 Å². The molecule has 0 saturated heterocycles. The van der Waals surface area contributed by atoms with Crippen LogP contribution in [0.25, 0.3) is 0 Å². The molecule has 102 valence electrons. The third-order valence-electron chi connectivity index (χ3n) is 3.14. The Morgan fingerprint density at radius 3 is 2.67 bits per heavy atom. The lowest BCUT2D eigenvalue weighted by atomic mass is 9.96. The number of rotatable bonds is 8. The molecule has 0 aliphatic rings. The molecule has 1 unspecified atom stereocenters. The Labute approximate surface area is 109 Å². The van der Waals surface area contributed by atoms with Crippen LogP contribution in [0, 0.1) is 5.92 Å². The van der Waals surface area contributed by atoms with Gasteiger partial charge in [-0.1, -0.05) is 26.7 Å². The highest BCUT2D eigenvalue weighted by atomic mass is 16.5. The first-order valence-corrected chi connectivity index (χ1v) is 6.72. The van der Waals surface area contributed by atoms with Gasteiger partial charge in [0.05, 0.1) is 12.7 Å². The van der Waals surface area contributed by atoms with Gasteiger partial charge in [0, 0.05) is 12.7 Å². The van der Waals surface area contributed by atoms with Gasteiger partial charge in [-0.15, -0.1) is 0 Å². The number of aromatic nitrogens is 1. The van der Waals surface area contributed by atoms with Crippen molar-refractivity contribution in [2.24, 2.45) is 5.92 Å². The van der Waals surface area contributed by atoms with Crippen molar-refractivity contribution in [3.8, 4) is 5.75 Å². The molecule has 0 spiro atoms. The molecule has 1 aromatic rings. The van der Waals surface area contributed by atoms with E-state index >= 15 is 0 Å². The summed E-state index contributed by atoms with van der Waals surface area (Å²) < 4.78 is 5.48. The van der Waals surface area contributed by atoms with Gasteiger partial charge in [0.2, 0.25) is 0 Å². The van der Waals surface area contributed by atoms with Crippen LogP contribution < -0.4 is 10.1 Å². The first-order chi connectivity index (χ1) is 8.72. The van der Waals surface area contributed by atoms with Gasteiger partial charge in [-0.05, 0) is 25.0 Å². The van der Waals surface area contributed by atoms with Crippen LogP contribution in [0.5, 0.6) is 5.75 Å². The number of anilines is 1. The normalized spacial score (nSPS) is 12.5. The number of ether oxygens (including phenoxy) is 1. The Morgan fingerprint density at radius 2 is 2.06 bits per heavy atom. The second kappa shape index (κ2) is 7.93. The van der Waals surface area contributed by atoms with Crippen LogP contribution in [0.2, 0.25) is 0 Å². The minimum Gasteiger partial charge on any atom is -0.490 e. The maximum absolute atomic E-state index is 10.1. The fraction of sp³-hybridized carbons (Fsp3) is 0.643. The molecule has 0 fully saturated rings. The highest BCUT2D eigenvalue weighted by Crippen LogP contribution is 2.21. The molecule has 1 rings (SSSR count). The van der Waals surface area contributed by atoms with Crippen LogP contribution in [0.4, 0.5) is 5.82 Å². The van der Waals surface area contributed by atoms with Gasteiger partial charge in [0.25, 0.3) is 0 Å². The Bertz CT molecular complexity index is 340. The Hall–Kier alpha value is -1.29. The summed E-state index contributed by atoms with van der Waals surface area (Å²) in [6, 6.07) is 3.72. The van der Waals surface area contributed by atoms with Gasteiger partial charge < -0.3 is 15.2 Å². The summed E-state index contributed by atoms with van der Waals surface area (Å²) in [6.45, 7) is 7.25. The molecule has 0 aliphatic carbocycles. The molecule has 0 amide bonds. The highest BCUT2D eigenvalue weighted by molar-refractivity contribution is 5.49. The first kappa shape index (κ1) is 14.8. The second-order valence-corrected chi connectivity index (χ2v) is 4.31. The van der Waals surface area contributed by atoms with E-state index in [-0.39, 0.29) is 6.10 Å². The smallest absolute Gasteiger partial charge is 0.168 e. The second-order valence-electron chi connectivity index (χ2n) is 4.31. The topological polar surface area (TPSA) is 54.4 Å². The van der Waals surface area contributed by atoms with Crippen molar-refractivity contribution >= 4 is 5.82 Å².